The zero-order valence-corrected chi connectivity index (χ0v) is 10.8. The number of benzene rings is 2. The van der Waals surface area contributed by atoms with Crippen molar-refractivity contribution in [3.63, 3.8) is 0 Å². The molecule has 1 N–H and O–H groups in total. The Morgan fingerprint density at radius 3 is 2.70 bits per heavy atom. The van der Waals surface area contributed by atoms with E-state index >= 15 is 0 Å². The first-order valence-electron chi connectivity index (χ1n) is 6.35. The van der Waals surface area contributed by atoms with Crippen molar-refractivity contribution >= 4 is 22.6 Å². The van der Waals surface area contributed by atoms with Gasteiger partial charge in [-0.1, -0.05) is 42.5 Å². The molecular weight excluding hydrogens is 254 g/mol. The van der Waals surface area contributed by atoms with Gasteiger partial charge in [0.1, 0.15) is 6.61 Å². The summed E-state index contributed by atoms with van der Waals surface area (Å²) in [6, 6.07) is 13.9. The predicted molar refractivity (Wildman–Crippen MR) is 74.8 cm³/mol. The molecule has 1 aliphatic rings. The van der Waals surface area contributed by atoms with Crippen molar-refractivity contribution < 1.29 is 14.3 Å². The second kappa shape index (κ2) is 5.17. The van der Waals surface area contributed by atoms with E-state index in [0.717, 1.165) is 16.3 Å². The van der Waals surface area contributed by atoms with E-state index in [-0.39, 0.29) is 18.9 Å². The highest BCUT2D eigenvalue weighted by atomic mass is 16.5. The van der Waals surface area contributed by atoms with E-state index in [1.165, 1.54) is 6.08 Å². The number of cyclic esters (lactones) is 1. The van der Waals surface area contributed by atoms with Crippen LogP contribution in [0.2, 0.25) is 0 Å². The van der Waals surface area contributed by atoms with Crippen molar-refractivity contribution in [2.45, 2.75) is 6.42 Å². The van der Waals surface area contributed by atoms with Crippen LogP contribution in [-0.2, 0) is 20.7 Å². The summed E-state index contributed by atoms with van der Waals surface area (Å²) in [5, 5.41) is 4.94. The highest BCUT2D eigenvalue weighted by molar-refractivity contribution is 5.89. The van der Waals surface area contributed by atoms with E-state index in [1.807, 2.05) is 42.5 Å². The molecule has 1 aliphatic heterocycles. The molecule has 0 radical (unpaired) electrons. The summed E-state index contributed by atoms with van der Waals surface area (Å²) >= 11 is 0. The van der Waals surface area contributed by atoms with Crippen molar-refractivity contribution in [2.75, 3.05) is 6.61 Å². The fourth-order valence-electron chi connectivity index (χ4n) is 2.20. The maximum absolute atomic E-state index is 11.9. The van der Waals surface area contributed by atoms with Gasteiger partial charge >= 0.3 is 5.97 Å². The Morgan fingerprint density at radius 2 is 1.95 bits per heavy atom. The number of nitrogens with one attached hydrogen (secondary N) is 1. The van der Waals surface area contributed by atoms with Gasteiger partial charge in [0.2, 0.25) is 5.91 Å². The molecule has 0 bridgehead atoms. The second-order valence-corrected chi connectivity index (χ2v) is 4.68. The van der Waals surface area contributed by atoms with Crippen LogP contribution < -0.4 is 5.32 Å². The van der Waals surface area contributed by atoms with Crippen molar-refractivity contribution in [2.24, 2.45) is 0 Å². The number of carbonyl (C=O) groups is 2. The van der Waals surface area contributed by atoms with Crippen LogP contribution in [0.5, 0.6) is 0 Å². The van der Waals surface area contributed by atoms with Gasteiger partial charge in [-0.2, -0.15) is 0 Å². The summed E-state index contributed by atoms with van der Waals surface area (Å²) in [7, 11) is 0. The molecule has 0 unspecified atom stereocenters. The number of ether oxygens (including phenoxy) is 1. The first kappa shape index (κ1) is 12.4. The highest BCUT2D eigenvalue weighted by Crippen LogP contribution is 2.16. The summed E-state index contributed by atoms with van der Waals surface area (Å²) in [4.78, 5) is 22.8. The molecule has 100 valence electrons. The van der Waals surface area contributed by atoms with Crippen molar-refractivity contribution in [3.8, 4) is 0 Å². The minimum atomic E-state index is -0.411. The molecule has 2 aromatic carbocycles. The van der Waals surface area contributed by atoms with Crippen LogP contribution in [0, 0.1) is 0 Å². The highest BCUT2D eigenvalue weighted by Gasteiger charge is 2.15. The fourth-order valence-corrected chi connectivity index (χ4v) is 2.20. The Morgan fingerprint density at radius 1 is 1.15 bits per heavy atom. The van der Waals surface area contributed by atoms with Crippen LogP contribution in [0.3, 0.4) is 0 Å². The Hall–Kier alpha value is -2.62. The minimum absolute atomic E-state index is 0.141. The topological polar surface area (TPSA) is 55.4 Å². The average molecular weight is 267 g/mol. The van der Waals surface area contributed by atoms with Gasteiger partial charge < -0.3 is 10.1 Å². The largest absolute Gasteiger partial charge is 0.456 e. The average Bonchev–Trinajstić information content (AvgIpc) is 2.83. The number of hydrogen-bond donors (Lipinski definition) is 1. The molecule has 0 saturated carbocycles. The molecular formula is C16H13NO3. The minimum Gasteiger partial charge on any atom is -0.456 e. The molecule has 0 saturated heterocycles. The summed E-state index contributed by atoms with van der Waals surface area (Å²) < 4.78 is 4.73. The zero-order valence-electron chi connectivity index (χ0n) is 10.8. The van der Waals surface area contributed by atoms with E-state index in [2.05, 4.69) is 5.32 Å². The van der Waals surface area contributed by atoms with Crippen LogP contribution >= 0.6 is 0 Å². The van der Waals surface area contributed by atoms with Gasteiger partial charge in [-0.05, 0) is 16.3 Å². The Kier molecular flexibility index (Phi) is 3.21. The van der Waals surface area contributed by atoms with E-state index in [1.54, 1.807) is 0 Å². The number of rotatable bonds is 3. The first-order valence-corrected chi connectivity index (χ1v) is 6.35. The molecule has 20 heavy (non-hydrogen) atoms. The van der Waals surface area contributed by atoms with Gasteiger partial charge in [0.25, 0.3) is 0 Å². The van der Waals surface area contributed by atoms with Gasteiger partial charge in [-0.25, -0.2) is 4.79 Å². The normalized spacial score (nSPS) is 14.0. The lowest BCUT2D eigenvalue weighted by Crippen LogP contribution is -2.25. The third-order valence-corrected chi connectivity index (χ3v) is 3.14. The SMILES string of the molecule is O=C(Cc1ccc2ccccc2c1)NC1=CC(=O)OC1. The second-order valence-electron chi connectivity index (χ2n) is 4.68. The number of esters is 1. The zero-order chi connectivity index (χ0) is 13.9. The number of fused-ring (bicyclic) bond motifs is 1. The molecule has 2 aromatic rings. The Balaban J connectivity index is 1.71. The van der Waals surface area contributed by atoms with E-state index in [4.69, 9.17) is 4.74 Å². The molecule has 0 aromatic heterocycles. The van der Waals surface area contributed by atoms with Gasteiger partial charge in [0, 0.05) is 6.08 Å². The maximum atomic E-state index is 11.9. The van der Waals surface area contributed by atoms with Gasteiger partial charge in [-0.15, -0.1) is 0 Å². The number of carbonyl (C=O) groups excluding carboxylic acids is 2. The van der Waals surface area contributed by atoms with Crippen molar-refractivity contribution in [1.82, 2.24) is 5.32 Å². The fraction of sp³-hybridized carbons (Fsp3) is 0.125. The van der Waals surface area contributed by atoms with Crippen molar-refractivity contribution in [1.29, 1.82) is 0 Å². The summed E-state index contributed by atoms with van der Waals surface area (Å²) in [6.07, 6.45) is 1.58. The molecule has 3 rings (SSSR count). The maximum Gasteiger partial charge on any atom is 0.333 e. The third-order valence-electron chi connectivity index (χ3n) is 3.14. The monoisotopic (exact) mass is 267 g/mol. The van der Waals surface area contributed by atoms with Gasteiger partial charge in [0.05, 0.1) is 12.1 Å². The molecule has 0 spiro atoms. The van der Waals surface area contributed by atoms with Crippen LogP contribution in [0.15, 0.2) is 54.2 Å². The van der Waals surface area contributed by atoms with E-state index in [0.29, 0.717) is 5.70 Å². The van der Waals surface area contributed by atoms with Gasteiger partial charge in [0.15, 0.2) is 0 Å². The lowest BCUT2D eigenvalue weighted by atomic mass is 10.0. The van der Waals surface area contributed by atoms with Crippen LogP contribution in [0.25, 0.3) is 10.8 Å². The summed E-state index contributed by atoms with van der Waals surface area (Å²) in [6.45, 7) is 0.141. The quantitative estimate of drug-likeness (QED) is 0.865. The van der Waals surface area contributed by atoms with Crippen LogP contribution in [0.4, 0.5) is 0 Å². The molecule has 1 amide bonds. The Bertz CT molecular complexity index is 718. The lowest BCUT2D eigenvalue weighted by molar-refractivity contribution is -0.135. The molecule has 4 nitrogen and oxygen atoms in total. The molecule has 4 heteroatoms. The van der Waals surface area contributed by atoms with E-state index in [9.17, 15) is 9.59 Å². The van der Waals surface area contributed by atoms with Crippen molar-refractivity contribution in [3.05, 3.63) is 59.8 Å². The summed E-state index contributed by atoms with van der Waals surface area (Å²) in [5.74, 6) is -0.559. The number of hydrogen-bond acceptors (Lipinski definition) is 3. The molecule has 0 aliphatic carbocycles. The summed E-state index contributed by atoms with van der Waals surface area (Å²) in [5.41, 5.74) is 1.45. The lowest BCUT2D eigenvalue weighted by Gasteiger charge is -2.06. The molecule has 0 atom stereocenters. The van der Waals surface area contributed by atoms with Crippen LogP contribution in [0.1, 0.15) is 5.56 Å². The third kappa shape index (κ3) is 2.69. The van der Waals surface area contributed by atoms with Crippen LogP contribution in [-0.4, -0.2) is 18.5 Å². The van der Waals surface area contributed by atoms with Gasteiger partial charge in [-0.3, -0.25) is 4.79 Å². The smallest absolute Gasteiger partial charge is 0.333 e. The predicted octanol–water partition coefficient (Wildman–Crippen LogP) is 1.94. The molecule has 1 heterocycles. The van der Waals surface area contributed by atoms with E-state index < -0.39 is 5.97 Å². The first-order chi connectivity index (χ1) is 9.70. The Labute approximate surface area is 116 Å². The standard InChI is InChI=1S/C16H13NO3/c18-15(17-14-9-16(19)20-10-14)8-11-5-6-12-3-1-2-4-13(12)7-11/h1-7,9H,8,10H2,(H,17,18). The number of amides is 1. The molecule has 0 fully saturated rings.